The maximum absolute atomic E-state index is 11.2. The summed E-state index contributed by atoms with van der Waals surface area (Å²) in [5, 5.41) is 3.46. The van der Waals surface area contributed by atoms with Gasteiger partial charge in [-0.15, -0.1) is 0 Å². The van der Waals surface area contributed by atoms with E-state index in [1.165, 1.54) is 0 Å². The molecule has 0 saturated carbocycles. The van der Waals surface area contributed by atoms with Crippen molar-refractivity contribution < 1.29 is 14.3 Å². The number of ketones is 1. The topological polar surface area (TPSA) is 47.6 Å². The fraction of sp³-hybridized carbons (Fsp3) is 0.933. The molecule has 1 aliphatic rings. The Hall–Kier alpha value is -0.450. The summed E-state index contributed by atoms with van der Waals surface area (Å²) in [6.07, 6.45) is 2.37. The molecule has 4 heteroatoms. The quantitative estimate of drug-likeness (QED) is 0.835. The summed E-state index contributed by atoms with van der Waals surface area (Å²) in [6.45, 7) is 12.8. The second kappa shape index (κ2) is 6.33. The summed E-state index contributed by atoms with van der Waals surface area (Å²) >= 11 is 0. The maximum atomic E-state index is 11.2. The number of rotatable bonds is 5. The van der Waals surface area contributed by atoms with E-state index < -0.39 is 5.79 Å². The minimum Gasteiger partial charge on any atom is -0.347 e. The highest BCUT2D eigenvalue weighted by atomic mass is 16.7. The van der Waals surface area contributed by atoms with Gasteiger partial charge in [-0.3, -0.25) is 4.79 Å². The van der Waals surface area contributed by atoms with Crippen molar-refractivity contribution in [3.05, 3.63) is 0 Å². The first-order valence-electron chi connectivity index (χ1n) is 7.17. The Kier molecular flexibility index (Phi) is 5.53. The Morgan fingerprint density at radius 3 is 2.37 bits per heavy atom. The van der Waals surface area contributed by atoms with E-state index in [1.54, 1.807) is 6.92 Å². The van der Waals surface area contributed by atoms with E-state index in [0.29, 0.717) is 6.42 Å². The third kappa shape index (κ3) is 7.04. The fourth-order valence-corrected chi connectivity index (χ4v) is 2.45. The lowest BCUT2D eigenvalue weighted by molar-refractivity contribution is -0.299. The normalized spacial score (nSPS) is 27.3. The zero-order valence-corrected chi connectivity index (χ0v) is 13.2. The van der Waals surface area contributed by atoms with Crippen molar-refractivity contribution >= 4 is 5.78 Å². The highest BCUT2D eigenvalue weighted by Gasteiger charge is 2.35. The predicted octanol–water partition coefficient (Wildman–Crippen LogP) is 2.65. The number of carbonyl (C=O) groups is 1. The van der Waals surface area contributed by atoms with Crippen LogP contribution >= 0.6 is 0 Å². The number of nitrogens with one attached hydrogen (secondary N) is 1. The zero-order chi connectivity index (χ0) is 14.7. The summed E-state index contributed by atoms with van der Waals surface area (Å²) < 4.78 is 11.7. The number of Topliss-reactive ketones (excluding diaryl/α,β-unsaturated/α-hetero) is 1. The van der Waals surface area contributed by atoms with Crippen LogP contribution in [0.25, 0.3) is 0 Å². The summed E-state index contributed by atoms with van der Waals surface area (Å²) in [5.74, 6) is -0.417. The van der Waals surface area contributed by atoms with E-state index in [9.17, 15) is 4.79 Å². The molecule has 2 atom stereocenters. The Morgan fingerprint density at radius 1 is 1.26 bits per heavy atom. The lowest BCUT2D eigenvalue weighted by atomic mass is 10.0. The molecule has 0 aromatic carbocycles. The fourth-order valence-electron chi connectivity index (χ4n) is 2.45. The van der Waals surface area contributed by atoms with Gasteiger partial charge in [0.1, 0.15) is 5.78 Å². The lowest BCUT2D eigenvalue weighted by Crippen LogP contribution is -2.46. The lowest BCUT2D eigenvalue weighted by Gasteiger charge is -2.41. The molecule has 1 saturated heterocycles. The number of carbonyl (C=O) groups excluding carboxylic acids is 1. The first kappa shape index (κ1) is 16.6. The summed E-state index contributed by atoms with van der Waals surface area (Å²) in [4.78, 5) is 11.2. The van der Waals surface area contributed by atoms with E-state index in [2.05, 4.69) is 26.1 Å². The summed E-state index contributed by atoms with van der Waals surface area (Å²) in [5.41, 5.74) is 0.124. The van der Waals surface area contributed by atoms with Crippen LogP contribution in [-0.2, 0) is 14.3 Å². The molecule has 1 heterocycles. The second-order valence-corrected chi connectivity index (χ2v) is 6.99. The number of ether oxygens (including phenoxy) is 2. The van der Waals surface area contributed by atoms with E-state index in [-0.39, 0.29) is 23.5 Å². The Balaban J connectivity index is 2.46. The molecule has 1 aliphatic heterocycles. The van der Waals surface area contributed by atoms with Gasteiger partial charge in [-0.25, -0.2) is 0 Å². The standard InChI is InChI=1S/C15H29NO3/c1-11(17)9-13-10-12(18-15(5,6)19-13)7-8-16-14(2,3)4/h12-13,16H,7-10H2,1-6H3. The van der Waals surface area contributed by atoms with Crippen LogP contribution in [0.15, 0.2) is 0 Å². The van der Waals surface area contributed by atoms with Crippen molar-refractivity contribution in [1.82, 2.24) is 5.32 Å². The minimum absolute atomic E-state index is 0.0131. The van der Waals surface area contributed by atoms with Crippen molar-refractivity contribution in [1.29, 1.82) is 0 Å². The van der Waals surface area contributed by atoms with Gasteiger partial charge in [-0.05, 0) is 54.5 Å². The van der Waals surface area contributed by atoms with Crippen LogP contribution in [0, 0.1) is 0 Å². The Bertz CT molecular complexity index is 307. The molecule has 0 aromatic heterocycles. The molecule has 1 fully saturated rings. The minimum atomic E-state index is -0.592. The van der Waals surface area contributed by atoms with Crippen LogP contribution in [0.1, 0.15) is 60.8 Å². The highest BCUT2D eigenvalue weighted by molar-refractivity contribution is 5.75. The van der Waals surface area contributed by atoms with E-state index in [0.717, 1.165) is 19.4 Å². The molecule has 19 heavy (non-hydrogen) atoms. The van der Waals surface area contributed by atoms with Crippen LogP contribution < -0.4 is 5.32 Å². The van der Waals surface area contributed by atoms with Gasteiger partial charge < -0.3 is 14.8 Å². The van der Waals surface area contributed by atoms with Crippen molar-refractivity contribution in [2.75, 3.05) is 6.54 Å². The van der Waals surface area contributed by atoms with Crippen LogP contribution in [0.5, 0.6) is 0 Å². The molecule has 0 amide bonds. The van der Waals surface area contributed by atoms with Crippen LogP contribution in [0.4, 0.5) is 0 Å². The van der Waals surface area contributed by atoms with Crippen LogP contribution in [-0.4, -0.2) is 35.9 Å². The molecule has 0 aliphatic carbocycles. The maximum Gasteiger partial charge on any atom is 0.163 e. The molecule has 2 unspecified atom stereocenters. The largest absolute Gasteiger partial charge is 0.347 e. The van der Waals surface area contributed by atoms with Gasteiger partial charge in [0.25, 0.3) is 0 Å². The average Bonchev–Trinajstić information content (AvgIpc) is 2.10. The molecule has 0 spiro atoms. The van der Waals surface area contributed by atoms with Gasteiger partial charge in [0.2, 0.25) is 0 Å². The van der Waals surface area contributed by atoms with E-state index in [1.807, 2.05) is 13.8 Å². The predicted molar refractivity (Wildman–Crippen MR) is 76.1 cm³/mol. The van der Waals surface area contributed by atoms with Gasteiger partial charge in [0.05, 0.1) is 12.2 Å². The molecule has 1 rings (SSSR count). The molecule has 1 N–H and O–H groups in total. The van der Waals surface area contributed by atoms with E-state index >= 15 is 0 Å². The number of hydrogen-bond acceptors (Lipinski definition) is 4. The molecule has 4 nitrogen and oxygen atoms in total. The SMILES string of the molecule is CC(=O)CC1CC(CCNC(C)(C)C)OC(C)(C)O1. The molecule has 0 radical (unpaired) electrons. The summed E-state index contributed by atoms with van der Waals surface area (Å²) in [6, 6.07) is 0. The first-order chi connectivity index (χ1) is 8.57. The van der Waals surface area contributed by atoms with Crippen LogP contribution in [0.3, 0.4) is 0 Å². The van der Waals surface area contributed by atoms with Gasteiger partial charge in [0.15, 0.2) is 5.79 Å². The molecule has 0 aromatic rings. The molecular weight excluding hydrogens is 242 g/mol. The van der Waals surface area contributed by atoms with Gasteiger partial charge in [-0.2, -0.15) is 0 Å². The monoisotopic (exact) mass is 271 g/mol. The van der Waals surface area contributed by atoms with Gasteiger partial charge >= 0.3 is 0 Å². The van der Waals surface area contributed by atoms with Crippen molar-refractivity contribution in [2.24, 2.45) is 0 Å². The van der Waals surface area contributed by atoms with Gasteiger partial charge in [0, 0.05) is 18.4 Å². The Morgan fingerprint density at radius 2 is 1.84 bits per heavy atom. The third-order valence-corrected chi connectivity index (χ3v) is 3.06. The first-order valence-corrected chi connectivity index (χ1v) is 7.17. The summed E-state index contributed by atoms with van der Waals surface area (Å²) in [7, 11) is 0. The number of hydrogen-bond donors (Lipinski definition) is 1. The van der Waals surface area contributed by atoms with Crippen molar-refractivity contribution in [3.63, 3.8) is 0 Å². The second-order valence-electron chi connectivity index (χ2n) is 6.99. The zero-order valence-electron chi connectivity index (χ0n) is 13.2. The Labute approximate surface area is 117 Å². The van der Waals surface area contributed by atoms with Crippen molar-refractivity contribution in [2.45, 2.75) is 84.3 Å². The van der Waals surface area contributed by atoms with Crippen molar-refractivity contribution in [3.8, 4) is 0 Å². The van der Waals surface area contributed by atoms with Crippen LogP contribution in [0.2, 0.25) is 0 Å². The average molecular weight is 271 g/mol. The smallest absolute Gasteiger partial charge is 0.163 e. The van der Waals surface area contributed by atoms with E-state index in [4.69, 9.17) is 9.47 Å². The third-order valence-electron chi connectivity index (χ3n) is 3.06. The molecule has 112 valence electrons. The highest BCUT2D eigenvalue weighted by Crippen LogP contribution is 2.29. The molecule has 0 bridgehead atoms. The molecular formula is C15H29NO3. The van der Waals surface area contributed by atoms with Gasteiger partial charge in [-0.1, -0.05) is 0 Å².